The number of pyridine rings is 1. The minimum atomic E-state index is -0.0514. The summed E-state index contributed by atoms with van der Waals surface area (Å²) in [5, 5.41) is 7.72. The molecular formula is C22H28N4O2. The number of aromatic nitrogens is 1. The lowest BCUT2D eigenvalue weighted by molar-refractivity contribution is 0.336. The average Bonchev–Trinajstić information content (AvgIpc) is 3.13. The van der Waals surface area contributed by atoms with Gasteiger partial charge in [-0.05, 0) is 51.5 Å². The first-order valence-electron chi connectivity index (χ1n) is 9.73. The predicted octanol–water partition coefficient (Wildman–Crippen LogP) is 4.35. The van der Waals surface area contributed by atoms with Crippen LogP contribution in [-0.4, -0.2) is 24.1 Å². The van der Waals surface area contributed by atoms with Crippen molar-refractivity contribution in [1.29, 1.82) is 0 Å². The van der Waals surface area contributed by atoms with Crippen molar-refractivity contribution in [2.75, 3.05) is 13.2 Å². The molecule has 1 atom stereocenters. The van der Waals surface area contributed by atoms with Crippen LogP contribution in [0.25, 0.3) is 11.0 Å². The molecule has 0 fully saturated rings. The van der Waals surface area contributed by atoms with Gasteiger partial charge >= 0.3 is 0 Å². The van der Waals surface area contributed by atoms with Crippen LogP contribution in [0, 0.1) is 6.92 Å². The zero-order chi connectivity index (χ0) is 19.9. The number of aryl methyl sites for hydroxylation is 1. The maximum absolute atomic E-state index is 6.09. The summed E-state index contributed by atoms with van der Waals surface area (Å²) < 4.78 is 11.8. The number of benzene rings is 1. The van der Waals surface area contributed by atoms with Crippen LogP contribution >= 0.6 is 0 Å². The van der Waals surface area contributed by atoms with E-state index in [4.69, 9.17) is 9.15 Å². The Morgan fingerprint density at radius 1 is 1.25 bits per heavy atom. The van der Waals surface area contributed by atoms with Gasteiger partial charge in [-0.2, -0.15) is 0 Å². The van der Waals surface area contributed by atoms with Crippen LogP contribution < -0.4 is 15.4 Å². The first-order valence-corrected chi connectivity index (χ1v) is 9.73. The molecule has 2 heterocycles. The second-order valence-electron chi connectivity index (χ2n) is 6.58. The van der Waals surface area contributed by atoms with Crippen LogP contribution in [0.4, 0.5) is 0 Å². The van der Waals surface area contributed by atoms with Crippen LogP contribution in [0.3, 0.4) is 0 Å². The number of fused-ring (bicyclic) bond motifs is 1. The Balaban J connectivity index is 1.77. The third-order valence-electron chi connectivity index (χ3n) is 4.46. The third-order valence-corrected chi connectivity index (χ3v) is 4.46. The van der Waals surface area contributed by atoms with Gasteiger partial charge in [0.25, 0.3) is 0 Å². The summed E-state index contributed by atoms with van der Waals surface area (Å²) >= 11 is 0. The summed E-state index contributed by atoms with van der Waals surface area (Å²) in [7, 11) is 0. The number of furan rings is 1. The van der Waals surface area contributed by atoms with Crippen LogP contribution in [0.2, 0.25) is 0 Å². The van der Waals surface area contributed by atoms with E-state index in [0.29, 0.717) is 13.2 Å². The van der Waals surface area contributed by atoms with E-state index in [1.54, 1.807) is 6.20 Å². The summed E-state index contributed by atoms with van der Waals surface area (Å²) in [6.45, 7) is 10.0. The molecule has 0 aliphatic rings. The van der Waals surface area contributed by atoms with E-state index < -0.39 is 0 Å². The number of para-hydroxylation sites is 1. The average molecular weight is 380 g/mol. The number of nitrogens with one attached hydrogen (secondary N) is 2. The Morgan fingerprint density at radius 3 is 2.86 bits per heavy atom. The lowest BCUT2D eigenvalue weighted by Crippen LogP contribution is -2.38. The zero-order valence-corrected chi connectivity index (χ0v) is 17.0. The fraction of sp³-hybridized carbons (Fsp3) is 0.364. The van der Waals surface area contributed by atoms with Gasteiger partial charge in [-0.3, -0.25) is 4.98 Å². The Morgan fingerprint density at radius 2 is 2.11 bits per heavy atom. The van der Waals surface area contributed by atoms with Crippen molar-refractivity contribution in [1.82, 2.24) is 15.6 Å². The van der Waals surface area contributed by atoms with Crippen LogP contribution in [-0.2, 0) is 6.54 Å². The minimum absolute atomic E-state index is 0.0514. The van der Waals surface area contributed by atoms with E-state index in [1.807, 2.05) is 57.2 Å². The van der Waals surface area contributed by atoms with Gasteiger partial charge in [-0.15, -0.1) is 0 Å². The second-order valence-corrected chi connectivity index (χ2v) is 6.58. The molecule has 1 aromatic carbocycles. The molecule has 0 spiro atoms. The van der Waals surface area contributed by atoms with E-state index >= 15 is 0 Å². The molecule has 0 radical (unpaired) electrons. The molecule has 3 aromatic rings. The highest BCUT2D eigenvalue weighted by Gasteiger charge is 2.15. The Labute approximate surface area is 166 Å². The Hall–Kier alpha value is -3.02. The summed E-state index contributed by atoms with van der Waals surface area (Å²) in [4.78, 5) is 9.09. The number of rotatable bonds is 7. The van der Waals surface area contributed by atoms with Crippen LogP contribution in [0.5, 0.6) is 5.75 Å². The van der Waals surface area contributed by atoms with Gasteiger partial charge in [0.15, 0.2) is 17.3 Å². The number of hydrogen-bond acceptors (Lipinski definition) is 4. The van der Waals surface area contributed by atoms with Gasteiger partial charge in [0.1, 0.15) is 5.76 Å². The minimum Gasteiger partial charge on any atom is -0.490 e. The van der Waals surface area contributed by atoms with Gasteiger partial charge < -0.3 is 19.8 Å². The van der Waals surface area contributed by atoms with Crippen molar-refractivity contribution in [2.45, 2.75) is 40.3 Å². The molecular weight excluding hydrogens is 352 g/mol. The van der Waals surface area contributed by atoms with Gasteiger partial charge in [-0.25, -0.2) is 4.99 Å². The van der Waals surface area contributed by atoms with Crippen molar-refractivity contribution in [2.24, 2.45) is 4.99 Å². The molecule has 28 heavy (non-hydrogen) atoms. The topological polar surface area (TPSA) is 71.7 Å². The lowest BCUT2D eigenvalue weighted by atomic mass is 10.2. The summed E-state index contributed by atoms with van der Waals surface area (Å²) in [5.41, 5.74) is 2.88. The Bertz CT molecular complexity index is 949. The third kappa shape index (κ3) is 4.63. The molecule has 3 rings (SSSR count). The molecule has 6 nitrogen and oxygen atoms in total. The quantitative estimate of drug-likeness (QED) is 0.471. The SMILES string of the molecule is CCNC(=NCc1ncccc1C)NC(C)c1cc2cccc(OCC)c2o1. The van der Waals surface area contributed by atoms with Crippen LogP contribution in [0.1, 0.15) is 43.8 Å². The molecule has 0 bridgehead atoms. The van der Waals surface area contributed by atoms with Crippen molar-refractivity contribution in [3.63, 3.8) is 0 Å². The van der Waals surface area contributed by atoms with Gasteiger partial charge in [0.2, 0.25) is 0 Å². The number of aliphatic imine (C=N–C) groups is 1. The van der Waals surface area contributed by atoms with E-state index in [0.717, 1.165) is 46.2 Å². The molecule has 2 N–H and O–H groups in total. The summed E-state index contributed by atoms with van der Waals surface area (Å²) in [5.74, 6) is 2.33. The largest absolute Gasteiger partial charge is 0.490 e. The first-order chi connectivity index (χ1) is 13.6. The normalized spacial score (nSPS) is 12.8. The summed E-state index contributed by atoms with van der Waals surface area (Å²) in [6.07, 6.45) is 1.80. The predicted molar refractivity (Wildman–Crippen MR) is 113 cm³/mol. The summed E-state index contributed by atoms with van der Waals surface area (Å²) in [6, 6.07) is 11.9. The lowest BCUT2D eigenvalue weighted by Gasteiger charge is -2.16. The molecule has 0 aliphatic heterocycles. The smallest absolute Gasteiger partial charge is 0.192 e. The highest BCUT2D eigenvalue weighted by atomic mass is 16.5. The van der Waals surface area contributed by atoms with Gasteiger partial charge in [0, 0.05) is 18.1 Å². The van der Waals surface area contributed by atoms with Crippen LogP contribution in [0.15, 0.2) is 52.0 Å². The highest BCUT2D eigenvalue weighted by Crippen LogP contribution is 2.31. The molecule has 0 saturated carbocycles. The number of nitrogens with zero attached hydrogens (tertiary/aromatic N) is 2. The molecule has 6 heteroatoms. The van der Waals surface area contributed by atoms with E-state index in [1.165, 1.54) is 0 Å². The molecule has 148 valence electrons. The fourth-order valence-corrected chi connectivity index (χ4v) is 2.97. The number of ether oxygens (including phenoxy) is 1. The van der Waals surface area contributed by atoms with Gasteiger partial charge in [0.05, 0.1) is 24.9 Å². The Kier molecular flexibility index (Phi) is 6.53. The fourth-order valence-electron chi connectivity index (χ4n) is 2.97. The van der Waals surface area contributed by atoms with E-state index in [9.17, 15) is 0 Å². The number of hydrogen-bond donors (Lipinski definition) is 2. The molecule has 0 amide bonds. The molecule has 0 saturated heterocycles. The maximum atomic E-state index is 6.09. The van der Waals surface area contributed by atoms with Crippen molar-refractivity contribution >= 4 is 16.9 Å². The zero-order valence-electron chi connectivity index (χ0n) is 17.0. The van der Waals surface area contributed by atoms with Crippen molar-refractivity contribution in [3.05, 3.63) is 59.6 Å². The van der Waals surface area contributed by atoms with Gasteiger partial charge in [-0.1, -0.05) is 18.2 Å². The van der Waals surface area contributed by atoms with Crippen molar-refractivity contribution < 1.29 is 9.15 Å². The maximum Gasteiger partial charge on any atom is 0.192 e. The first kappa shape index (κ1) is 19.7. The monoisotopic (exact) mass is 380 g/mol. The second kappa shape index (κ2) is 9.26. The standard InChI is InChI=1S/C22H28N4O2/c1-5-23-22(25-14-18-15(3)9-8-12-24-18)26-16(4)20-13-17-10-7-11-19(27-6-2)21(17)28-20/h7-13,16H,5-6,14H2,1-4H3,(H2,23,25,26). The van der Waals surface area contributed by atoms with E-state index in [-0.39, 0.29) is 6.04 Å². The molecule has 2 aromatic heterocycles. The molecule has 1 unspecified atom stereocenters. The number of guanidine groups is 1. The van der Waals surface area contributed by atoms with Crippen molar-refractivity contribution in [3.8, 4) is 5.75 Å². The highest BCUT2D eigenvalue weighted by molar-refractivity contribution is 5.84. The van der Waals surface area contributed by atoms with E-state index in [2.05, 4.69) is 27.5 Å². The molecule has 0 aliphatic carbocycles.